The summed E-state index contributed by atoms with van der Waals surface area (Å²) in [5.41, 5.74) is 1.78. The Morgan fingerprint density at radius 3 is 2.16 bits per heavy atom. The molecule has 2 aromatic rings. The van der Waals surface area contributed by atoms with Crippen molar-refractivity contribution in [2.24, 2.45) is 0 Å². The third-order valence-corrected chi connectivity index (χ3v) is 2.55. The molecule has 0 spiro atoms. The topological polar surface area (TPSA) is 37.3 Å². The molecule has 2 heteroatoms. The van der Waals surface area contributed by atoms with Crippen LogP contribution in [0.5, 0.6) is 5.75 Å². The number of aromatic hydroxyl groups is 1. The lowest BCUT2D eigenvalue weighted by molar-refractivity contribution is -0.110. The van der Waals surface area contributed by atoms with Crippen LogP contribution >= 0.6 is 0 Å². The Bertz CT molecular complexity index is 610. The van der Waals surface area contributed by atoms with Gasteiger partial charge in [-0.25, -0.2) is 0 Å². The van der Waals surface area contributed by atoms with Gasteiger partial charge in [0.25, 0.3) is 0 Å². The van der Waals surface area contributed by atoms with Gasteiger partial charge in [0.2, 0.25) is 0 Å². The van der Waals surface area contributed by atoms with Crippen LogP contribution in [0.2, 0.25) is 0 Å². The van der Waals surface area contributed by atoms with Gasteiger partial charge in [-0.2, -0.15) is 0 Å². The SMILES string of the molecule is O=C(/C=C/c1ccccc1)/C=C/c1cccc(O)c1. The van der Waals surface area contributed by atoms with Crippen molar-refractivity contribution >= 4 is 17.9 Å². The number of benzene rings is 2. The fourth-order valence-electron chi connectivity index (χ4n) is 1.60. The number of rotatable bonds is 4. The van der Waals surface area contributed by atoms with E-state index in [1.807, 2.05) is 36.4 Å². The summed E-state index contributed by atoms with van der Waals surface area (Å²) >= 11 is 0. The van der Waals surface area contributed by atoms with E-state index in [0.717, 1.165) is 11.1 Å². The highest BCUT2D eigenvalue weighted by Crippen LogP contribution is 2.12. The average molecular weight is 250 g/mol. The number of carbonyl (C=O) groups excluding carboxylic acids is 1. The zero-order chi connectivity index (χ0) is 13.5. The van der Waals surface area contributed by atoms with Crippen molar-refractivity contribution in [2.45, 2.75) is 0 Å². The first-order chi connectivity index (χ1) is 9.24. The van der Waals surface area contributed by atoms with Crippen LogP contribution in [0.4, 0.5) is 0 Å². The van der Waals surface area contributed by atoms with Crippen LogP contribution in [-0.2, 0) is 4.79 Å². The summed E-state index contributed by atoms with van der Waals surface area (Å²) in [5, 5.41) is 9.30. The predicted octanol–water partition coefficient (Wildman–Crippen LogP) is 3.69. The molecule has 0 fully saturated rings. The van der Waals surface area contributed by atoms with Crippen LogP contribution in [0.3, 0.4) is 0 Å². The third-order valence-electron chi connectivity index (χ3n) is 2.55. The molecular weight excluding hydrogens is 236 g/mol. The van der Waals surface area contributed by atoms with Crippen LogP contribution in [0.1, 0.15) is 11.1 Å². The molecule has 0 saturated heterocycles. The number of ketones is 1. The molecule has 0 amide bonds. The number of phenolic OH excluding ortho intramolecular Hbond substituents is 1. The zero-order valence-electron chi connectivity index (χ0n) is 10.4. The van der Waals surface area contributed by atoms with Crippen molar-refractivity contribution in [3.8, 4) is 5.75 Å². The Morgan fingerprint density at radius 2 is 1.47 bits per heavy atom. The van der Waals surface area contributed by atoms with Crippen molar-refractivity contribution in [1.82, 2.24) is 0 Å². The first-order valence-electron chi connectivity index (χ1n) is 5.98. The van der Waals surface area contributed by atoms with Gasteiger partial charge in [0, 0.05) is 0 Å². The maximum atomic E-state index is 11.6. The van der Waals surface area contributed by atoms with Gasteiger partial charge in [-0.05, 0) is 35.4 Å². The molecule has 0 aliphatic rings. The van der Waals surface area contributed by atoms with Crippen LogP contribution in [0.15, 0.2) is 66.7 Å². The summed E-state index contributed by atoms with van der Waals surface area (Å²) in [6.07, 6.45) is 6.45. The fourth-order valence-corrected chi connectivity index (χ4v) is 1.60. The highest BCUT2D eigenvalue weighted by molar-refractivity contribution is 6.04. The summed E-state index contributed by atoms with van der Waals surface area (Å²) in [6.45, 7) is 0. The van der Waals surface area contributed by atoms with Gasteiger partial charge in [0.15, 0.2) is 5.78 Å². The molecule has 0 aromatic heterocycles. The van der Waals surface area contributed by atoms with Gasteiger partial charge in [-0.3, -0.25) is 4.79 Å². The minimum atomic E-state index is -0.0906. The van der Waals surface area contributed by atoms with E-state index in [-0.39, 0.29) is 11.5 Å². The molecule has 0 aliphatic heterocycles. The number of phenols is 1. The molecule has 2 rings (SSSR count). The second kappa shape index (κ2) is 6.36. The molecule has 0 radical (unpaired) electrons. The standard InChI is InChI=1S/C17H14O2/c18-16(11-9-14-5-2-1-3-6-14)12-10-15-7-4-8-17(19)13-15/h1-13,19H/b11-9+,12-10+. The van der Waals surface area contributed by atoms with Gasteiger partial charge < -0.3 is 5.11 Å². The molecule has 0 unspecified atom stereocenters. The Morgan fingerprint density at radius 1 is 0.842 bits per heavy atom. The Balaban J connectivity index is 2.00. The molecule has 0 heterocycles. The van der Waals surface area contributed by atoms with Gasteiger partial charge in [0.1, 0.15) is 5.75 Å². The number of hydrogen-bond donors (Lipinski definition) is 1. The van der Waals surface area contributed by atoms with E-state index in [2.05, 4.69) is 0 Å². The van der Waals surface area contributed by atoms with Crippen molar-refractivity contribution < 1.29 is 9.90 Å². The largest absolute Gasteiger partial charge is 0.508 e. The van der Waals surface area contributed by atoms with Crippen molar-refractivity contribution in [2.75, 3.05) is 0 Å². The van der Waals surface area contributed by atoms with Gasteiger partial charge in [-0.1, -0.05) is 54.6 Å². The van der Waals surface area contributed by atoms with Gasteiger partial charge in [0.05, 0.1) is 0 Å². The smallest absolute Gasteiger partial charge is 0.178 e. The van der Waals surface area contributed by atoms with Gasteiger partial charge in [-0.15, -0.1) is 0 Å². The first-order valence-corrected chi connectivity index (χ1v) is 5.98. The fraction of sp³-hybridized carbons (Fsp3) is 0. The molecule has 19 heavy (non-hydrogen) atoms. The molecule has 2 aromatic carbocycles. The van der Waals surface area contributed by atoms with Crippen LogP contribution < -0.4 is 0 Å². The summed E-state index contributed by atoms with van der Waals surface area (Å²) in [4.78, 5) is 11.6. The quantitative estimate of drug-likeness (QED) is 0.840. The van der Waals surface area contributed by atoms with E-state index in [1.165, 1.54) is 12.2 Å². The van der Waals surface area contributed by atoms with E-state index in [4.69, 9.17) is 0 Å². The van der Waals surface area contributed by atoms with Crippen molar-refractivity contribution in [3.05, 3.63) is 77.9 Å². The maximum Gasteiger partial charge on any atom is 0.178 e. The number of carbonyl (C=O) groups is 1. The van der Waals surface area contributed by atoms with E-state index >= 15 is 0 Å². The molecule has 2 nitrogen and oxygen atoms in total. The average Bonchev–Trinajstić information content (AvgIpc) is 2.44. The van der Waals surface area contributed by atoms with Crippen molar-refractivity contribution in [1.29, 1.82) is 0 Å². The maximum absolute atomic E-state index is 11.6. The predicted molar refractivity (Wildman–Crippen MR) is 77.6 cm³/mol. The van der Waals surface area contributed by atoms with Crippen LogP contribution in [-0.4, -0.2) is 10.9 Å². The molecular formula is C17H14O2. The second-order valence-electron chi connectivity index (χ2n) is 4.07. The third kappa shape index (κ3) is 4.28. The Kier molecular flexibility index (Phi) is 4.29. The lowest BCUT2D eigenvalue weighted by Crippen LogP contribution is -1.84. The minimum absolute atomic E-state index is 0.0906. The summed E-state index contributed by atoms with van der Waals surface area (Å²) in [6, 6.07) is 16.4. The second-order valence-corrected chi connectivity index (χ2v) is 4.07. The molecule has 0 aliphatic carbocycles. The Labute approximate surface area is 112 Å². The molecule has 0 saturated carbocycles. The highest BCUT2D eigenvalue weighted by atomic mass is 16.3. The summed E-state index contributed by atoms with van der Waals surface area (Å²) < 4.78 is 0. The molecule has 94 valence electrons. The normalized spacial score (nSPS) is 11.2. The van der Waals surface area contributed by atoms with Crippen LogP contribution in [0.25, 0.3) is 12.2 Å². The lowest BCUT2D eigenvalue weighted by Gasteiger charge is -1.93. The number of allylic oxidation sites excluding steroid dienone is 2. The summed E-state index contributed by atoms with van der Waals surface area (Å²) in [7, 11) is 0. The first kappa shape index (κ1) is 12.8. The van der Waals surface area contributed by atoms with Gasteiger partial charge >= 0.3 is 0 Å². The highest BCUT2D eigenvalue weighted by Gasteiger charge is 1.92. The number of hydrogen-bond acceptors (Lipinski definition) is 2. The van der Waals surface area contributed by atoms with E-state index in [9.17, 15) is 9.90 Å². The lowest BCUT2D eigenvalue weighted by atomic mass is 10.1. The molecule has 0 bridgehead atoms. The van der Waals surface area contributed by atoms with Crippen molar-refractivity contribution in [3.63, 3.8) is 0 Å². The zero-order valence-corrected chi connectivity index (χ0v) is 10.4. The van der Waals surface area contributed by atoms with E-state index in [1.54, 1.807) is 30.4 Å². The van der Waals surface area contributed by atoms with E-state index < -0.39 is 0 Å². The Hall–Kier alpha value is -2.61. The minimum Gasteiger partial charge on any atom is -0.508 e. The molecule has 1 N–H and O–H groups in total. The monoisotopic (exact) mass is 250 g/mol. The van der Waals surface area contributed by atoms with E-state index in [0.29, 0.717) is 0 Å². The van der Waals surface area contributed by atoms with Crippen LogP contribution in [0, 0.1) is 0 Å². The summed E-state index contributed by atoms with van der Waals surface area (Å²) in [5.74, 6) is 0.0987. The molecule has 0 atom stereocenters.